The van der Waals surface area contributed by atoms with Crippen LogP contribution in [0.5, 0.6) is 0 Å². The quantitative estimate of drug-likeness (QED) is 0.784. The van der Waals surface area contributed by atoms with Crippen LogP contribution in [-0.2, 0) is 9.59 Å². The number of benzene rings is 1. The molecular formula is C18H21FN2O2. The van der Waals surface area contributed by atoms with Crippen molar-refractivity contribution in [1.82, 2.24) is 9.80 Å². The van der Waals surface area contributed by atoms with Gasteiger partial charge in [-0.2, -0.15) is 0 Å². The number of carbonyl (C=O) groups is 2. The number of hydrogen-bond donors (Lipinski definition) is 0. The molecule has 0 radical (unpaired) electrons. The molecule has 0 atom stereocenters. The maximum Gasteiger partial charge on any atom is 0.277 e. The van der Waals surface area contributed by atoms with Crippen LogP contribution in [0.25, 0.3) is 5.57 Å². The summed E-state index contributed by atoms with van der Waals surface area (Å²) in [7, 11) is 0. The molecule has 1 fully saturated rings. The summed E-state index contributed by atoms with van der Waals surface area (Å²) in [6.45, 7) is 4.05. The summed E-state index contributed by atoms with van der Waals surface area (Å²) in [6.07, 6.45) is 3.76. The Bertz CT molecular complexity index is 645. The molecule has 1 aromatic rings. The van der Waals surface area contributed by atoms with Crippen molar-refractivity contribution in [3.05, 3.63) is 41.3 Å². The molecule has 4 nitrogen and oxygen atoms in total. The van der Waals surface area contributed by atoms with E-state index in [-0.39, 0.29) is 17.6 Å². The molecule has 0 unspecified atom stereocenters. The third kappa shape index (κ3) is 2.87. The molecule has 0 aromatic heterocycles. The van der Waals surface area contributed by atoms with Gasteiger partial charge in [-0.3, -0.25) is 14.5 Å². The van der Waals surface area contributed by atoms with Gasteiger partial charge >= 0.3 is 0 Å². The lowest BCUT2D eigenvalue weighted by Crippen LogP contribution is -2.35. The van der Waals surface area contributed by atoms with E-state index >= 15 is 0 Å². The number of unbranched alkanes of at least 4 members (excludes halogenated alkanes) is 1. The van der Waals surface area contributed by atoms with E-state index in [0.29, 0.717) is 23.4 Å². The topological polar surface area (TPSA) is 40.6 Å². The summed E-state index contributed by atoms with van der Waals surface area (Å²) in [5, 5.41) is 0. The fourth-order valence-corrected chi connectivity index (χ4v) is 3.19. The van der Waals surface area contributed by atoms with Gasteiger partial charge in [0.1, 0.15) is 11.5 Å². The molecule has 0 bridgehead atoms. The number of carbonyl (C=O) groups excluding carboxylic acids is 2. The largest absolute Gasteiger partial charge is 0.366 e. The molecular weight excluding hydrogens is 295 g/mol. The second-order valence-electron chi connectivity index (χ2n) is 6.04. The minimum atomic E-state index is -0.350. The van der Waals surface area contributed by atoms with Crippen molar-refractivity contribution < 1.29 is 14.0 Å². The average Bonchev–Trinajstić information content (AvgIpc) is 3.14. The second kappa shape index (κ2) is 6.52. The molecule has 5 heteroatoms. The number of rotatable bonds is 5. The predicted molar refractivity (Wildman–Crippen MR) is 85.8 cm³/mol. The number of amides is 2. The van der Waals surface area contributed by atoms with Crippen LogP contribution in [0.1, 0.15) is 38.2 Å². The van der Waals surface area contributed by atoms with Crippen LogP contribution in [0.2, 0.25) is 0 Å². The summed E-state index contributed by atoms with van der Waals surface area (Å²) in [5.41, 5.74) is 1.54. The molecule has 2 aliphatic rings. The summed E-state index contributed by atoms with van der Waals surface area (Å²) < 4.78 is 13.2. The van der Waals surface area contributed by atoms with Crippen molar-refractivity contribution in [2.45, 2.75) is 32.6 Å². The molecule has 2 heterocycles. The maximum absolute atomic E-state index is 13.2. The van der Waals surface area contributed by atoms with Crippen LogP contribution in [-0.4, -0.2) is 41.2 Å². The Hall–Kier alpha value is -2.17. The Morgan fingerprint density at radius 3 is 2.30 bits per heavy atom. The fraction of sp³-hybridized carbons (Fsp3) is 0.444. The minimum Gasteiger partial charge on any atom is -0.366 e. The summed E-state index contributed by atoms with van der Waals surface area (Å²) in [5.74, 6) is -0.807. The van der Waals surface area contributed by atoms with E-state index in [0.717, 1.165) is 38.8 Å². The van der Waals surface area contributed by atoms with Gasteiger partial charge in [-0.1, -0.05) is 25.5 Å². The van der Waals surface area contributed by atoms with E-state index < -0.39 is 0 Å². The first-order valence-electron chi connectivity index (χ1n) is 8.25. The Balaban J connectivity index is 2.02. The molecule has 2 amide bonds. The van der Waals surface area contributed by atoms with Crippen LogP contribution in [0.4, 0.5) is 4.39 Å². The van der Waals surface area contributed by atoms with Gasteiger partial charge in [-0.25, -0.2) is 4.39 Å². The van der Waals surface area contributed by atoms with Gasteiger partial charge in [0.2, 0.25) is 0 Å². The van der Waals surface area contributed by atoms with Gasteiger partial charge in [-0.05, 0) is 37.0 Å². The van der Waals surface area contributed by atoms with Crippen LogP contribution in [0, 0.1) is 5.82 Å². The molecule has 0 N–H and O–H groups in total. The lowest BCUT2D eigenvalue weighted by molar-refractivity contribution is -0.137. The SMILES string of the molecule is CCCCN1C(=O)C(c2ccc(F)cc2)=C(N2CCCC2)C1=O. The smallest absolute Gasteiger partial charge is 0.277 e. The highest BCUT2D eigenvalue weighted by atomic mass is 19.1. The highest BCUT2D eigenvalue weighted by Crippen LogP contribution is 2.33. The van der Waals surface area contributed by atoms with E-state index in [1.54, 1.807) is 12.1 Å². The minimum absolute atomic E-state index is 0.204. The zero-order valence-electron chi connectivity index (χ0n) is 13.3. The van der Waals surface area contributed by atoms with E-state index in [1.807, 2.05) is 11.8 Å². The molecule has 3 rings (SSSR count). The number of imide groups is 1. The highest BCUT2D eigenvalue weighted by molar-refractivity contribution is 6.35. The van der Waals surface area contributed by atoms with E-state index in [1.165, 1.54) is 17.0 Å². The third-order valence-corrected chi connectivity index (χ3v) is 4.43. The van der Waals surface area contributed by atoms with Crippen LogP contribution >= 0.6 is 0 Å². The monoisotopic (exact) mass is 316 g/mol. The Morgan fingerprint density at radius 1 is 1.04 bits per heavy atom. The average molecular weight is 316 g/mol. The third-order valence-electron chi connectivity index (χ3n) is 4.43. The first kappa shape index (κ1) is 15.7. The molecule has 23 heavy (non-hydrogen) atoms. The first-order chi connectivity index (χ1) is 11.1. The van der Waals surface area contributed by atoms with Gasteiger partial charge < -0.3 is 4.90 Å². The zero-order chi connectivity index (χ0) is 16.4. The van der Waals surface area contributed by atoms with Crippen LogP contribution in [0.3, 0.4) is 0 Å². The molecule has 2 aliphatic heterocycles. The van der Waals surface area contributed by atoms with E-state index in [2.05, 4.69) is 0 Å². The van der Waals surface area contributed by atoms with Crippen molar-refractivity contribution in [2.75, 3.05) is 19.6 Å². The number of likely N-dealkylation sites (tertiary alicyclic amines) is 1. The molecule has 0 spiro atoms. The zero-order valence-corrected chi connectivity index (χ0v) is 13.3. The van der Waals surface area contributed by atoms with Gasteiger partial charge in [0, 0.05) is 19.6 Å². The van der Waals surface area contributed by atoms with Crippen molar-refractivity contribution in [2.24, 2.45) is 0 Å². The first-order valence-corrected chi connectivity index (χ1v) is 8.25. The van der Waals surface area contributed by atoms with Gasteiger partial charge in [0.15, 0.2) is 0 Å². The molecule has 0 saturated carbocycles. The molecule has 1 saturated heterocycles. The van der Waals surface area contributed by atoms with E-state index in [4.69, 9.17) is 0 Å². The normalized spacial score (nSPS) is 18.5. The van der Waals surface area contributed by atoms with Gasteiger partial charge in [0.25, 0.3) is 11.8 Å². The maximum atomic E-state index is 13.2. The number of halogens is 1. The van der Waals surface area contributed by atoms with Crippen molar-refractivity contribution in [3.63, 3.8) is 0 Å². The lowest BCUT2D eigenvalue weighted by Gasteiger charge is -2.20. The number of hydrogen-bond acceptors (Lipinski definition) is 3. The summed E-state index contributed by atoms with van der Waals surface area (Å²) in [6, 6.07) is 5.82. The summed E-state index contributed by atoms with van der Waals surface area (Å²) in [4.78, 5) is 28.9. The highest BCUT2D eigenvalue weighted by Gasteiger charge is 2.41. The lowest BCUT2D eigenvalue weighted by atomic mass is 10.0. The van der Waals surface area contributed by atoms with Gasteiger partial charge in [0.05, 0.1) is 5.57 Å². The molecule has 1 aromatic carbocycles. The predicted octanol–water partition coefficient (Wildman–Crippen LogP) is 2.80. The molecule has 0 aliphatic carbocycles. The van der Waals surface area contributed by atoms with Crippen molar-refractivity contribution in [3.8, 4) is 0 Å². The summed E-state index contributed by atoms with van der Waals surface area (Å²) >= 11 is 0. The Morgan fingerprint density at radius 2 is 1.70 bits per heavy atom. The molecule has 122 valence electrons. The Labute approximate surface area is 135 Å². The van der Waals surface area contributed by atoms with Crippen molar-refractivity contribution in [1.29, 1.82) is 0 Å². The standard InChI is InChI=1S/C18H21FN2O2/c1-2-3-12-21-17(22)15(13-6-8-14(19)9-7-13)16(18(21)23)20-10-4-5-11-20/h6-9H,2-5,10-12H2,1H3. The van der Waals surface area contributed by atoms with Crippen LogP contribution in [0.15, 0.2) is 30.0 Å². The van der Waals surface area contributed by atoms with Gasteiger partial charge in [-0.15, -0.1) is 0 Å². The number of nitrogens with zero attached hydrogens (tertiary/aromatic N) is 2. The Kier molecular flexibility index (Phi) is 4.46. The van der Waals surface area contributed by atoms with Crippen LogP contribution < -0.4 is 0 Å². The van der Waals surface area contributed by atoms with Crippen molar-refractivity contribution >= 4 is 17.4 Å². The fourth-order valence-electron chi connectivity index (χ4n) is 3.19. The second-order valence-corrected chi connectivity index (χ2v) is 6.04. The van der Waals surface area contributed by atoms with E-state index in [9.17, 15) is 14.0 Å².